The molecular formula is C26H23ClF3N3O7. The second-order valence-electron chi connectivity index (χ2n) is 8.46. The highest BCUT2D eigenvalue weighted by Gasteiger charge is 2.29. The zero-order valence-electron chi connectivity index (χ0n) is 21.3. The lowest BCUT2D eigenvalue weighted by atomic mass is 10.1. The third kappa shape index (κ3) is 7.17. The largest absolute Gasteiger partial charge is 0.482 e. The molecule has 212 valence electrons. The lowest BCUT2D eigenvalue weighted by molar-refractivity contribution is -0.143. The van der Waals surface area contributed by atoms with Crippen molar-refractivity contribution in [2.75, 3.05) is 13.7 Å². The van der Waals surface area contributed by atoms with Gasteiger partial charge in [-0.2, -0.15) is 4.39 Å². The van der Waals surface area contributed by atoms with Crippen molar-refractivity contribution >= 4 is 35.2 Å². The smallest absolute Gasteiger partial charge is 0.308 e. The van der Waals surface area contributed by atoms with Crippen LogP contribution in [0.1, 0.15) is 29.4 Å². The van der Waals surface area contributed by atoms with Crippen molar-refractivity contribution < 1.29 is 46.3 Å². The average molecular weight is 582 g/mol. The number of Topliss-reactive ketones (excluding diaryl/α,β-unsaturated/α-hetero) is 1. The fourth-order valence-electron chi connectivity index (χ4n) is 3.38. The molecule has 0 unspecified atom stereocenters. The second kappa shape index (κ2) is 13.1. The molecule has 0 saturated heterocycles. The summed E-state index contributed by atoms with van der Waals surface area (Å²) in [6.45, 7) is 1.46. The summed E-state index contributed by atoms with van der Waals surface area (Å²) in [4.78, 5) is 49.9. The van der Waals surface area contributed by atoms with Crippen molar-refractivity contribution in [1.29, 1.82) is 0 Å². The van der Waals surface area contributed by atoms with E-state index in [0.29, 0.717) is 16.7 Å². The Morgan fingerprint density at radius 2 is 1.77 bits per heavy atom. The van der Waals surface area contributed by atoms with Crippen LogP contribution >= 0.6 is 11.6 Å². The van der Waals surface area contributed by atoms with Crippen molar-refractivity contribution in [2.24, 2.45) is 0 Å². The average Bonchev–Trinajstić information content (AvgIpc) is 3.41. The molecule has 0 radical (unpaired) electrons. The van der Waals surface area contributed by atoms with Gasteiger partial charge >= 0.3 is 5.97 Å². The number of benzene rings is 2. The summed E-state index contributed by atoms with van der Waals surface area (Å²) in [5, 5.41) is 8.69. The Bertz CT molecular complexity index is 1420. The molecule has 0 fully saturated rings. The van der Waals surface area contributed by atoms with Gasteiger partial charge < -0.3 is 24.6 Å². The van der Waals surface area contributed by atoms with Gasteiger partial charge in [-0.05, 0) is 26.0 Å². The highest BCUT2D eigenvalue weighted by molar-refractivity contribution is 6.33. The molecule has 0 aliphatic rings. The monoisotopic (exact) mass is 581 g/mol. The number of methoxy groups -OCH3 is 1. The number of hydrogen-bond acceptors (Lipinski definition) is 8. The number of halogens is 4. The molecule has 0 bridgehead atoms. The fourth-order valence-corrected chi connectivity index (χ4v) is 3.61. The highest BCUT2D eigenvalue weighted by atomic mass is 35.5. The maximum absolute atomic E-state index is 14.1. The van der Waals surface area contributed by atoms with Crippen LogP contribution in [0.15, 0.2) is 40.9 Å². The van der Waals surface area contributed by atoms with Crippen LogP contribution in [0.2, 0.25) is 5.02 Å². The highest BCUT2D eigenvalue weighted by Crippen LogP contribution is 2.28. The molecule has 1 aromatic heterocycles. The topological polar surface area (TPSA) is 137 Å². The molecule has 2 N–H and O–H groups in total. The van der Waals surface area contributed by atoms with Crippen LogP contribution in [0.4, 0.5) is 13.2 Å². The van der Waals surface area contributed by atoms with E-state index in [0.717, 1.165) is 14.0 Å². The van der Waals surface area contributed by atoms with Gasteiger partial charge in [0.1, 0.15) is 24.5 Å². The third-order valence-electron chi connectivity index (χ3n) is 5.65. The van der Waals surface area contributed by atoms with Crippen LogP contribution in [-0.2, 0) is 19.1 Å². The molecule has 2 atom stereocenters. The second-order valence-corrected chi connectivity index (χ2v) is 8.86. The van der Waals surface area contributed by atoms with Crippen LogP contribution in [0, 0.1) is 24.4 Å². The van der Waals surface area contributed by atoms with E-state index in [1.54, 1.807) is 24.3 Å². The van der Waals surface area contributed by atoms with Crippen molar-refractivity contribution in [3.63, 3.8) is 0 Å². The minimum Gasteiger partial charge on any atom is -0.482 e. The normalized spacial score (nSPS) is 12.3. The van der Waals surface area contributed by atoms with Crippen LogP contribution in [0.25, 0.3) is 11.3 Å². The standard InChI is InChI=1S/C26H23ClF3N3O7/c1-12-16(28)8-17(29)23(30)24(12)39-11-20(34)18(10-22(35)38-3)32-25(36)13(2)31-26(37)19-9-21(40-33-19)14-6-4-5-7-15(14)27/h4-9,13,18H,10-11H2,1-3H3,(H,31,37)(H,32,36)/t13-,18-/m0/s1. The number of nitrogens with zero attached hydrogens (tertiary/aromatic N) is 1. The maximum atomic E-state index is 14.1. The molecule has 3 rings (SSSR count). The van der Waals surface area contributed by atoms with Crippen molar-refractivity contribution in [1.82, 2.24) is 15.8 Å². The van der Waals surface area contributed by atoms with Gasteiger partial charge in [-0.1, -0.05) is 28.9 Å². The van der Waals surface area contributed by atoms with Gasteiger partial charge in [0, 0.05) is 23.3 Å². The molecule has 0 saturated carbocycles. The first-order chi connectivity index (χ1) is 18.9. The van der Waals surface area contributed by atoms with E-state index < -0.39 is 71.9 Å². The molecule has 0 aliphatic heterocycles. The lowest BCUT2D eigenvalue weighted by Gasteiger charge is -2.20. The molecule has 2 amide bonds. The van der Waals surface area contributed by atoms with E-state index in [1.807, 2.05) is 0 Å². The molecule has 40 heavy (non-hydrogen) atoms. The lowest BCUT2D eigenvalue weighted by Crippen LogP contribution is -2.51. The Labute approximate surface area is 230 Å². The summed E-state index contributed by atoms with van der Waals surface area (Å²) in [6.07, 6.45) is -0.644. The van der Waals surface area contributed by atoms with Crippen molar-refractivity contribution in [3.05, 3.63) is 70.1 Å². The number of rotatable bonds is 11. The number of amides is 2. The predicted molar refractivity (Wildman–Crippen MR) is 134 cm³/mol. The van der Waals surface area contributed by atoms with E-state index in [1.165, 1.54) is 13.0 Å². The molecular weight excluding hydrogens is 559 g/mol. The summed E-state index contributed by atoms with van der Waals surface area (Å²) in [5.41, 5.74) is -0.0593. The summed E-state index contributed by atoms with van der Waals surface area (Å²) in [6, 6.07) is 5.56. The molecule has 10 nitrogen and oxygen atoms in total. The molecule has 3 aromatic rings. The van der Waals surface area contributed by atoms with Crippen LogP contribution < -0.4 is 15.4 Å². The van der Waals surface area contributed by atoms with E-state index in [4.69, 9.17) is 20.9 Å². The first-order valence-corrected chi connectivity index (χ1v) is 12.0. The van der Waals surface area contributed by atoms with Crippen molar-refractivity contribution in [3.8, 4) is 17.1 Å². The number of hydrogen-bond donors (Lipinski definition) is 2. The molecule has 14 heteroatoms. The third-order valence-corrected chi connectivity index (χ3v) is 5.98. The van der Waals surface area contributed by atoms with Crippen LogP contribution in [0.5, 0.6) is 5.75 Å². The Balaban J connectivity index is 1.67. The number of aromatic nitrogens is 1. The van der Waals surface area contributed by atoms with Crippen LogP contribution in [-0.4, -0.2) is 54.5 Å². The number of ether oxygens (including phenoxy) is 2. The van der Waals surface area contributed by atoms with E-state index >= 15 is 0 Å². The van der Waals surface area contributed by atoms with Gasteiger partial charge in [0.2, 0.25) is 11.7 Å². The number of carbonyl (C=O) groups excluding carboxylic acids is 4. The van der Waals surface area contributed by atoms with E-state index in [-0.39, 0.29) is 17.0 Å². The van der Waals surface area contributed by atoms with E-state index in [2.05, 4.69) is 20.5 Å². The number of esters is 1. The zero-order valence-corrected chi connectivity index (χ0v) is 22.1. The van der Waals surface area contributed by atoms with Gasteiger partial charge in [-0.25, -0.2) is 8.78 Å². The molecule has 0 spiro atoms. The fraction of sp³-hybridized carbons (Fsp3) is 0.269. The molecule has 1 heterocycles. The van der Waals surface area contributed by atoms with Gasteiger partial charge in [0.25, 0.3) is 5.91 Å². The first-order valence-electron chi connectivity index (χ1n) is 11.6. The first kappa shape index (κ1) is 30.2. The Morgan fingerprint density at radius 3 is 2.45 bits per heavy atom. The van der Waals surface area contributed by atoms with E-state index in [9.17, 15) is 32.3 Å². The maximum Gasteiger partial charge on any atom is 0.308 e. The quantitative estimate of drug-likeness (QED) is 0.259. The minimum absolute atomic E-state index is 0.162. The Kier molecular flexibility index (Phi) is 9.88. The molecule has 2 aromatic carbocycles. The Morgan fingerprint density at radius 1 is 1.07 bits per heavy atom. The number of ketones is 1. The molecule has 0 aliphatic carbocycles. The Hall–Kier alpha value is -4.39. The summed E-state index contributed by atoms with van der Waals surface area (Å²) in [5.74, 6) is -8.27. The minimum atomic E-state index is -1.54. The summed E-state index contributed by atoms with van der Waals surface area (Å²) >= 11 is 6.12. The van der Waals surface area contributed by atoms with Gasteiger partial charge in [0.15, 0.2) is 28.8 Å². The van der Waals surface area contributed by atoms with Crippen molar-refractivity contribution in [2.45, 2.75) is 32.4 Å². The number of nitrogens with one attached hydrogen (secondary N) is 2. The SMILES string of the molecule is COC(=O)C[C@H](NC(=O)[C@H](C)NC(=O)c1cc(-c2ccccc2Cl)on1)C(=O)COc1c(C)c(F)cc(F)c1F. The summed E-state index contributed by atoms with van der Waals surface area (Å²) < 4.78 is 56.1. The van der Waals surface area contributed by atoms with Crippen LogP contribution in [0.3, 0.4) is 0 Å². The van der Waals surface area contributed by atoms with Gasteiger partial charge in [-0.3, -0.25) is 19.2 Å². The van der Waals surface area contributed by atoms with Gasteiger partial charge in [0.05, 0.1) is 18.6 Å². The zero-order chi connectivity index (χ0) is 29.6. The number of carbonyl (C=O) groups is 4. The summed E-state index contributed by atoms with van der Waals surface area (Å²) in [7, 11) is 1.05. The predicted octanol–water partition coefficient (Wildman–Crippen LogP) is 3.54. The van der Waals surface area contributed by atoms with Gasteiger partial charge in [-0.15, -0.1) is 0 Å².